The molecule has 0 aliphatic carbocycles. The normalized spacial score (nSPS) is 19.7. The Morgan fingerprint density at radius 2 is 1.53 bits per heavy atom. The zero-order valence-corrected chi connectivity index (χ0v) is 23.7. The summed E-state index contributed by atoms with van der Waals surface area (Å²) in [6.07, 6.45) is 4.01. The standard InChI is InChI=1S/C27H37N3O6S2/c1-3-36-26-14-13-25(18-21(26)2)38(34,35)30-17-7-8-23(20-30)27(31)28-19-22-9-11-24(12-10-22)37(32,33)29-15-5-4-6-16-29/h9-14,18,23H,3-8,15-17,19-20H2,1-2H3,(H,28,31)/t23-/m0/s1. The van der Waals surface area contributed by atoms with E-state index in [2.05, 4.69) is 5.32 Å². The molecular weight excluding hydrogens is 526 g/mol. The molecular formula is C27H37N3O6S2. The molecule has 0 saturated carbocycles. The number of piperidine rings is 2. The summed E-state index contributed by atoms with van der Waals surface area (Å²) >= 11 is 0. The summed E-state index contributed by atoms with van der Waals surface area (Å²) in [6.45, 7) is 6.00. The van der Waals surface area contributed by atoms with Crippen LogP contribution in [0.1, 0.15) is 50.2 Å². The van der Waals surface area contributed by atoms with E-state index in [4.69, 9.17) is 4.74 Å². The second-order valence-corrected chi connectivity index (χ2v) is 13.8. The third kappa shape index (κ3) is 6.39. The maximum atomic E-state index is 13.3. The number of aryl methyl sites for hydroxylation is 1. The zero-order chi connectivity index (χ0) is 27.3. The number of ether oxygens (including phenoxy) is 1. The Bertz CT molecular complexity index is 1340. The van der Waals surface area contributed by atoms with Crippen molar-refractivity contribution in [3.63, 3.8) is 0 Å². The van der Waals surface area contributed by atoms with Crippen LogP contribution in [-0.4, -0.2) is 64.1 Å². The summed E-state index contributed by atoms with van der Waals surface area (Å²) in [5.41, 5.74) is 1.52. The van der Waals surface area contributed by atoms with Crippen LogP contribution in [0.4, 0.5) is 0 Å². The fourth-order valence-electron chi connectivity index (χ4n) is 4.99. The molecule has 0 aromatic heterocycles. The summed E-state index contributed by atoms with van der Waals surface area (Å²) in [7, 11) is -7.24. The lowest BCUT2D eigenvalue weighted by Gasteiger charge is -2.31. The molecule has 2 heterocycles. The van der Waals surface area contributed by atoms with Crippen molar-refractivity contribution in [1.29, 1.82) is 0 Å². The molecule has 1 amide bonds. The molecule has 2 fully saturated rings. The van der Waals surface area contributed by atoms with Gasteiger partial charge in [-0.1, -0.05) is 18.6 Å². The zero-order valence-electron chi connectivity index (χ0n) is 22.1. The van der Waals surface area contributed by atoms with Crippen LogP contribution in [0, 0.1) is 12.8 Å². The molecule has 0 unspecified atom stereocenters. The number of benzene rings is 2. The third-order valence-corrected chi connectivity index (χ3v) is 11.0. The summed E-state index contributed by atoms with van der Waals surface area (Å²) in [6, 6.07) is 11.4. The molecule has 1 N–H and O–H groups in total. The van der Waals surface area contributed by atoms with E-state index in [1.807, 2.05) is 13.8 Å². The van der Waals surface area contributed by atoms with E-state index in [0.29, 0.717) is 44.8 Å². The Morgan fingerprint density at radius 3 is 2.18 bits per heavy atom. The maximum Gasteiger partial charge on any atom is 0.243 e. The van der Waals surface area contributed by atoms with Gasteiger partial charge < -0.3 is 10.1 Å². The largest absolute Gasteiger partial charge is 0.494 e. The van der Waals surface area contributed by atoms with Crippen molar-refractivity contribution in [2.75, 3.05) is 32.8 Å². The quantitative estimate of drug-likeness (QED) is 0.501. The van der Waals surface area contributed by atoms with Gasteiger partial charge in [-0.05, 0) is 81.0 Å². The Balaban J connectivity index is 1.35. The molecule has 38 heavy (non-hydrogen) atoms. The van der Waals surface area contributed by atoms with Crippen molar-refractivity contribution in [2.45, 2.75) is 62.3 Å². The minimum absolute atomic E-state index is 0.118. The van der Waals surface area contributed by atoms with Gasteiger partial charge in [-0.2, -0.15) is 8.61 Å². The second kappa shape index (κ2) is 12.1. The second-order valence-electron chi connectivity index (χ2n) is 9.89. The van der Waals surface area contributed by atoms with Crippen LogP contribution in [0.3, 0.4) is 0 Å². The summed E-state index contributed by atoms with van der Waals surface area (Å²) < 4.78 is 60.7. The van der Waals surface area contributed by atoms with Gasteiger partial charge in [-0.3, -0.25) is 4.79 Å². The summed E-state index contributed by atoms with van der Waals surface area (Å²) in [5.74, 6) is -0.0154. The monoisotopic (exact) mass is 563 g/mol. The van der Waals surface area contributed by atoms with Crippen molar-refractivity contribution in [2.24, 2.45) is 5.92 Å². The predicted molar refractivity (Wildman–Crippen MR) is 145 cm³/mol. The molecule has 0 bridgehead atoms. The highest BCUT2D eigenvalue weighted by atomic mass is 32.2. The highest BCUT2D eigenvalue weighted by molar-refractivity contribution is 7.89. The maximum absolute atomic E-state index is 13.3. The number of hydrogen-bond acceptors (Lipinski definition) is 6. The first-order valence-electron chi connectivity index (χ1n) is 13.2. The SMILES string of the molecule is CCOc1ccc(S(=O)(=O)N2CCC[C@H](C(=O)NCc3ccc(S(=O)(=O)N4CCCCC4)cc3)C2)cc1C. The minimum atomic E-state index is -3.74. The number of hydrogen-bond donors (Lipinski definition) is 1. The van der Waals surface area contributed by atoms with Crippen molar-refractivity contribution < 1.29 is 26.4 Å². The first-order valence-corrected chi connectivity index (χ1v) is 16.1. The molecule has 4 rings (SSSR count). The average molecular weight is 564 g/mol. The van der Waals surface area contributed by atoms with E-state index in [-0.39, 0.29) is 28.8 Å². The molecule has 11 heteroatoms. The number of amides is 1. The van der Waals surface area contributed by atoms with E-state index in [0.717, 1.165) is 30.4 Å². The van der Waals surface area contributed by atoms with Crippen LogP contribution < -0.4 is 10.1 Å². The minimum Gasteiger partial charge on any atom is -0.494 e. The Hall–Kier alpha value is -2.47. The van der Waals surface area contributed by atoms with Gasteiger partial charge in [0.25, 0.3) is 0 Å². The van der Waals surface area contributed by atoms with Crippen LogP contribution in [0.5, 0.6) is 5.75 Å². The highest BCUT2D eigenvalue weighted by Gasteiger charge is 2.33. The van der Waals surface area contributed by atoms with Gasteiger partial charge in [0.2, 0.25) is 26.0 Å². The van der Waals surface area contributed by atoms with Crippen molar-refractivity contribution in [3.8, 4) is 5.75 Å². The van der Waals surface area contributed by atoms with Crippen LogP contribution in [0.15, 0.2) is 52.3 Å². The smallest absolute Gasteiger partial charge is 0.243 e. The van der Waals surface area contributed by atoms with Crippen molar-refractivity contribution in [1.82, 2.24) is 13.9 Å². The molecule has 0 radical (unpaired) electrons. The van der Waals surface area contributed by atoms with Gasteiger partial charge in [0.05, 0.1) is 22.3 Å². The lowest BCUT2D eigenvalue weighted by Crippen LogP contribution is -2.45. The number of rotatable bonds is 9. The van der Waals surface area contributed by atoms with Gasteiger partial charge in [-0.15, -0.1) is 0 Å². The summed E-state index contributed by atoms with van der Waals surface area (Å²) in [4.78, 5) is 13.4. The van der Waals surface area contributed by atoms with Crippen LogP contribution in [-0.2, 0) is 31.4 Å². The molecule has 2 saturated heterocycles. The molecule has 208 valence electrons. The van der Waals surface area contributed by atoms with Crippen molar-refractivity contribution >= 4 is 26.0 Å². The lowest BCUT2D eigenvalue weighted by molar-refractivity contribution is -0.126. The molecule has 9 nitrogen and oxygen atoms in total. The number of carbonyl (C=O) groups excluding carboxylic acids is 1. The lowest BCUT2D eigenvalue weighted by atomic mass is 9.99. The molecule has 2 aromatic carbocycles. The van der Waals surface area contributed by atoms with E-state index in [1.54, 1.807) is 42.5 Å². The van der Waals surface area contributed by atoms with Crippen LogP contribution in [0.25, 0.3) is 0 Å². The fraction of sp³-hybridized carbons (Fsp3) is 0.519. The first kappa shape index (κ1) is 28.5. The molecule has 2 aliphatic heterocycles. The van der Waals surface area contributed by atoms with E-state index in [9.17, 15) is 21.6 Å². The Morgan fingerprint density at radius 1 is 0.895 bits per heavy atom. The molecule has 1 atom stereocenters. The number of nitrogens with one attached hydrogen (secondary N) is 1. The van der Waals surface area contributed by atoms with Gasteiger partial charge in [0.1, 0.15) is 5.75 Å². The number of nitrogens with zero attached hydrogens (tertiary/aromatic N) is 2. The van der Waals surface area contributed by atoms with Crippen LogP contribution >= 0.6 is 0 Å². The fourth-order valence-corrected chi connectivity index (χ4v) is 8.12. The van der Waals surface area contributed by atoms with Crippen LogP contribution in [0.2, 0.25) is 0 Å². The molecule has 2 aliphatic rings. The Kier molecular flexibility index (Phi) is 9.12. The van der Waals surface area contributed by atoms with Gasteiger partial charge >= 0.3 is 0 Å². The number of carbonyl (C=O) groups is 1. The first-order chi connectivity index (χ1) is 18.1. The van der Waals surface area contributed by atoms with E-state index in [1.165, 1.54) is 8.61 Å². The van der Waals surface area contributed by atoms with Gasteiger partial charge in [0.15, 0.2) is 0 Å². The van der Waals surface area contributed by atoms with Gasteiger partial charge in [-0.25, -0.2) is 16.8 Å². The van der Waals surface area contributed by atoms with E-state index >= 15 is 0 Å². The predicted octanol–water partition coefficient (Wildman–Crippen LogP) is 3.29. The Labute approximate surface area is 226 Å². The molecule has 0 spiro atoms. The van der Waals surface area contributed by atoms with Gasteiger partial charge in [0, 0.05) is 32.7 Å². The average Bonchev–Trinajstić information content (AvgIpc) is 2.93. The highest BCUT2D eigenvalue weighted by Crippen LogP contribution is 2.28. The third-order valence-electron chi connectivity index (χ3n) is 7.18. The number of sulfonamides is 2. The van der Waals surface area contributed by atoms with Crippen molar-refractivity contribution in [3.05, 3.63) is 53.6 Å². The topological polar surface area (TPSA) is 113 Å². The summed E-state index contributed by atoms with van der Waals surface area (Å²) in [5, 5.41) is 2.90. The van der Waals surface area contributed by atoms with E-state index < -0.39 is 26.0 Å². The molecule has 2 aromatic rings.